The first-order chi connectivity index (χ1) is 12.3. The van der Waals surface area contributed by atoms with Crippen molar-refractivity contribution in [2.24, 2.45) is 0 Å². The van der Waals surface area contributed by atoms with Crippen LogP contribution in [0, 0.1) is 0 Å². The molecule has 0 aromatic heterocycles. The van der Waals surface area contributed by atoms with E-state index in [-0.39, 0.29) is 0 Å². The van der Waals surface area contributed by atoms with E-state index < -0.39 is 0 Å². The van der Waals surface area contributed by atoms with E-state index in [1.807, 2.05) is 54.6 Å². The fraction of sp³-hybridized carbons (Fsp3) is 0.300. The van der Waals surface area contributed by atoms with Crippen molar-refractivity contribution in [3.63, 3.8) is 0 Å². The van der Waals surface area contributed by atoms with Crippen LogP contribution >= 0.6 is 22.6 Å². The van der Waals surface area contributed by atoms with Crippen molar-refractivity contribution in [3.8, 4) is 17.2 Å². The summed E-state index contributed by atoms with van der Waals surface area (Å²) in [5.74, 6) is 2.35. The second-order valence-corrected chi connectivity index (χ2v) is 6.18. The first-order valence-corrected chi connectivity index (χ1v) is 9.57. The highest BCUT2D eigenvalue weighted by atomic mass is 127. The second-order valence-electron chi connectivity index (χ2n) is 5.10. The molecule has 0 N–H and O–H groups in total. The van der Waals surface area contributed by atoms with E-state index in [0.717, 1.165) is 39.4 Å². The van der Waals surface area contributed by atoms with Gasteiger partial charge in [0, 0.05) is 9.99 Å². The lowest BCUT2D eigenvalue weighted by atomic mass is 10.1. The average Bonchev–Trinajstić information content (AvgIpc) is 2.66. The van der Waals surface area contributed by atoms with Gasteiger partial charge in [-0.1, -0.05) is 52.9 Å². The molecule has 4 nitrogen and oxygen atoms in total. The third kappa shape index (κ3) is 5.93. The molecule has 0 saturated carbocycles. The molecule has 25 heavy (non-hydrogen) atoms. The van der Waals surface area contributed by atoms with Crippen molar-refractivity contribution in [2.75, 3.05) is 38.5 Å². The Morgan fingerprint density at radius 3 is 2.16 bits per heavy atom. The number of hydrogen-bond donors (Lipinski definition) is 0. The van der Waals surface area contributed by atoms with Crippen LogP contribution in [0.4, 0.5) is 0 Å². The van der Waals surface area contributed by atoms with E-state index in [1.54, 1.807) is 14.2 Å². The summed E-state index contributed by atoms with van der Waals surface area (Å²) in [5.41, 5.74) is 1.89. The monoisotopic (exact) mass is 454 g/mol. The SMILES string of the molecule is COc1cccc(OC)c1C=Cc1ccccc1OCCOCCI. The first kappa shape index (κ1) is 19.6. The molecule has 0 amide bonds. The van der Waals surface area contributed by atoms with Gasteiger partial charge in [-0.15, -0.1) is 0 Å². The number of halogens is 1. The van der Waals surface area contributed by atoms with Gasteiger partial charge in [-0.25, -0.2) is 0 Å². The van der Waals surface area contributed by atoms with Crippen molar-refractivity contribution < 1.29 is 18.9 Å². The van der Waals surface area contributed by atoms with Gasteiger partial charge >= 0.3 is 0 Å². The van der Waals surface area contributed by atoms with Gasteiger partial charge in [0.1, 0.15) is 23.9 Å². The number of hydrogen-bond acceptors (Lipinski definition) is 4. The van der Waals surface area contributed by atoms with Crippen LogP contribution in [0.3, 0.4) is 0 Å². The maximum absolute atomic E-state index is 5.84. The lowest BCUT2D eigenvalue weighted by Crippen LogP contribution is -2.08. The second kappa shape index (κ2) is 11.0. The molecule has 2 aromatic rings. The van der Waals surface area contributed by atoms with Crippen molar-refractivity contribution >= 4 is 34.7 Å². The van der Waals surface area contributed by atoms with Gasteiger partial charge in [0.05, 0.1) is 33.0 Å². The summed E-state index contributed by atoms with van der Waals surface area (Å²) >= 11 is 2.29. The standard InChI is InChI=1S/C20H23IO4/c1-22-19-8-5-9-20(23-2)17(19)11-10-16-6-3-4-7-18(16)25-15-14-24-13-12-21/h3-11H,12-15H2,1-2H3. The molecular weight excluding hydrogens is 431 g/mol. The predicted molar refractivity (Wildman–Crippen MR) is 110 cm³/mol. The zero-order valence-electron chi connectivity index (χ0n) is 14.5. The molecule has 0 atom stereocenters. The van der Waals surface area contributed by atoms with Gasteiger partial charge in [0.15, 0.2) is 0 Å². The summed E-state index contributed by atoms with van der Waals surface area (Å²) < 4.78 is 23.1. The van der Waals surface area contributed by atoms with E-state index in [1.165, 1.54) is 0 Å². The van der Waals surface area contributed by atoms with Crippen molar-refractivity contribution in [2.45, 2.75) is 0 Å². The lowest BCUT2D eigenvalue weighted by Gasteiger charge is -2.11. The molecule has 0 bridgehead atoms. The van der Waals surface area contributed by atoms with Gasteiger partial charge in [-0.3, -0.25) is 0 Å². The van der Waals surface area contributed by atoms with Gasteiger partial charge in [0.2, 0.25) is 0 Å². The molecule has 2 aromatic carbocycles. The molecule has 0 heterocycles. The number of methoxy groups -OCH3 is 2. The Kier molecular flexibility index (Phi) is 8.62. The van der Waals surface area contributed by atoms with Crippen LogP contribution < -0.4 is 14.2 Å². The summed E-state index contributed by atoms with van der Waals surface area (Å²) in [6.45, 7) is 1.86. The van der Waals surface area contributed by atoms with Crippen molar-refractivity contribution in [3.05, 3.63) is 53.6 Å². The Bertz CT molecular complexity index is 663. The first-order valence-electron chi connectivity index (χ1n) is 8.04. The van der Waals surface area contributed by atoms with E-state index in [2.05, 4.69) is 22.6 Å². The lowest BCUT2D eigenvalue weighted by molar-refractivity contribution is 0.113. The van der Waals surface area contributed by atoms with Gasteiger partial charge in [-0.05, 0) is 24.3 Å². The highest BCUT2D eigenvalue weighted by molar-refractivity contribution is 14.1. The Hall–Kier alpha value is -1.73. The smallest absolute Gasteiger partial charge is 0.129 e. The van der Waals surface area contributed by atoms with Crippen LogP contribution in [0.5, 0.6) is 17.2 Å². The molecule has 134 valence electrons. The van der Waals surface area contributed by atoms with Crippen LogP contribution in [0.15, 0.2) is 42.5 Å². The number of para-hydroxylation sites is 1. The zero-order chi connectivity index (χ0) is 17.9. The minimum atomic E-state index is 0.527. The Morgan fingerprint density at radius 1 is 0.800 bits per heavy atom. The largest absolute Gasteiger partial charge is 0.496 e. The predicted octanol–water partition coefficient (Wildman–Crippen LogP) is 4.70. The Labute approximate surface area is 162 Å². The summed E-state index contributed by atoms with van der Waals surface area (Å²) in [6.07, 6.45) is 3.98. The highest BCUT2D eigenvalue weighted by Gasteiger charge is 2.07. The van der Waals surface area contributed by atoms with E-state index in [9.17, 15) is 0 Å². The molecule has 5 heteroatoms. The van der Waals surface area contributed by atoms with Crippen LogP contribution in [-0.2, 0) is 4.74 Å². The normalized spacial score (nSPS) is 10.8. The number of alkyl halides is 1. The molecule has 0 spiro atoms. The summed E-state index contributed by atoms with van der Waals surface area (Å²) in [7, 11) is 3.30. The minimum Gasteiger partial charge on any atom is -0.496 e. The van der Waals surface area contributed by atoms with Crippen molar-refractivity contribution in [1.82, 2.24) is 0 Å². The van der Waals surface area contributed by atoms with Crippen LogP contribution in [-0.4, -0.2) is 38.5 Å². The third-order valence-corrected chi connectivity index (χ3v) is 3.96. The van der Waals surface area contributed by atoms with Crippen LogP contribution in [0.2, 0.25) is 0 Å². The van der Waals surface area contributed by atoms with E-state index in [4.69, 9.17) is 18.9 Å². The minimum absolute atomic E-state index is 0.527. The van der Waals surface area contributed by atoms with Crippen LogP contribution in [0.1, 0.15) is 11.1 Å². The highest BCUT2D eigenvalue weighted by Crippen LogP contribution is 2.31. The molecule has 0 radical (unpaired) electrons. The summed E-state index contributed by atoms with van der Waals surface area (Å²) in [6, 6.07) is 13.6. The van der Waals surface area contributed by atoms with E-state index >= 15 is 0 Å². The van der Waals surface area contributed by atoms with Gasteiger partial charge in [-0.2, -0.15) is 0 Å². The molecule has 0 aliphatic carbocycles. The molecule has 0 saturated heterocycles. The molecular formula is C20H23IO4. The molecule has 0 fully saturated rings. The molecule has 0 aliphatic rings. The Morgan fingerprint density at radius 2 is 1.48 bits per heavy atom. The summed E-state index contributed by atoms with van der Waals surface area (Å²) in [5, 5.41) is 0. The quantitative estimate of drug-likeness (QED) is 0.226. The number of rotatable bonds is 10. The maximum Gasteiger partial charge on any atom is 0.129 e. The number of benzene rings is 2. The fourth-order valence-corrected chi connectivity index (χ4v) is 2.65. The topological polar surface area (TPSA) is 36.9 Å². The van der Waals surface area contributed by atoms with E-state index in [0.29, 0.717) is 13.2 Å². The number of ether oxygens (including phenoxy) is 4. The fourth-order valence-electron chi connectivity index (χ4n) is 2.33. The molecule has 2 rings (SSSR count). The van der Waals surface area contributed by atoms with Gasteiger partial charge < -0.3 is 18.9 Å². The molecule has 0 aliphatic heterocycles. The zero-order valence-corrected chi connectivity index (χ0v) is 16.7. The van der Waals surface area contributed by atoms with Crippen LogP contribution in [0.25, 0.3) is 12.2 Å². The average molecular weight is 454 g/mol. The third-order valence-electron chi connectivity index (χ3n) is 3.52. The maximum atomic E-state index is 5.84. The van der Waals surface area contributed by atoms with Gasteiger partial charge in [0.25, 0.3) is 0 Å². The summed E-state index contributed by atoms with van der Waals surface area (Å²) in [4.78, 5) is 0. The van der Waals surface area contributed by atoms with Crippen molar-refractivity contribution in [1.29, 1.82) is 0 Å². The Balaban J connectivity index is 2.14. The molecule has 0 unspecified atom stereocenters.